The quantitative estimate of drug-likeness (QED) is 0.712. The molecule has 6 nitrogen and oxygen atoms in total. The molecule has 4 rings (SSSR count). The molecule has 2 aromatic rings. The van der Waals surface area contributed by atoms with Crippen molar-refractivity contribution in [1.29, 1.82) is 0 Å². The second-order valence-electron chi connectivity index (χ2n) is 7.19. The molecule has 0 spiro atoms. The van der Waals surface area contributed by atoms with Gasteiger partial charge in [-0.2, -0.15) is 0 Å². The van der Waals surface area contributed by atoms with Crippen LogP contribution in [0.25, 0.3) is 5.57 Å². The Morgan fingerprint density at radius 3 is 2.17 bits per heavy atom. The number of aliphatic carboxylic acids is 2. The summed E-state index contributed by atoms with van der Waals surface area (Å²) in [5.74, 6) is -2.26. The predicted molar refractivity (Wildman–Crippen MR) is 116 cm³/mol. The molecule has 0 saturated carbocycles. The molecule has 1 aromatic carbocycles. The maximum atomic E-state index is 12.6. The first-order chi connectivity index (χ1) is 14.4. The number of likely N-dealkylation sites (tertiary alicyclic amines) is 1. The number of Topliss-reactive ketones (excluding diaryl/α,β-unsaturated/α-hetero) is 1. The summed E-state index contributed by atoms with van der Waals surface area (Å²) in [6, 6.07) is 10.4. The summed E-state index contributed by atoms with van der Waals surface area (Å²) < 4.78 is 0. The van der Waals surface area contributed by atoms with Crippen LogP contribution in [-0.4, -0.2) is 53.0 Å². The third-order valence-corrected chi connectivity index (χ3v) is 6.07. The van der Waals surface area contributed by atoms with E-state index in [4.69, 9.17) is 10.2 Å². The maximum Gasteiger partial charge on any atom is 0.328 e. The van der Waals surface area contributed by atoms with Gasteiger partial charge in [-0.15, -0.1) is 11.3 Å². The van der Waals surface area contributed by atoms with Gasteiger partial charge in [0.2, 0.25) is 0 Å². The fourth-order valence-corrected chi connectivity index (χ4v) is 4.57. The number of carbonyl (C=O) groups excluding carboxylic acids is 1. The van der Waals surface area contributed by atoms with Gasteiger partial charge in [-0.25, -0.2) is 9.59 Å². The average molecular weight is 426 g/mol. The van der Waals surface area contributed by atoms with Crippen LogP contribution in [0.15, 0.2) is 53.4 Å². The Morgan fingerprint density at radius 1 is 0.967 bits per heavy atom. The van der Waals surface area contributed by atoms with Crippen LogP contribution < -0.4 is 0 Å². The van der Waals surface area contributed by atoms with E-state index in [0.717, 1.165) is 37.1 Å². The number of fused-ring (bicyclic) bond motifs is 2. The summed E-state index contributed by atoms with van der Waals surface area (Å²) in [5, 5.41) is 17.8. The highest BCUT2D eigenvalue weighted by atomic mass is 32.1. The summed E-state index contributed by atoms with van der Waals surface area (Å²) in [6.07, 6.45) is 3.86. The van der Waals surface area contributed by atoms with Gasteiger partial charge in [-0.3, -0.25) is 4.79 Å². The zero-order chi connectivity index (χ0) is 21.7. The normalized spacial score (nSPS) is 16.4. The third kappa shape index (κ3) is 5.11. The lowest BCUT2D eigenvalue weighted by molar-refractivity contribution is -0.134. The average Bonchev–Trinajstić information content (AvgIpc) is 3.12. The highest BCUT2D eigenvalue weighted by molar-refractivity contribution is 7.10. The van der Waals surface area contributed by atoms with Crippen molar-refractivity contribution in [2.75, 3.05) is 20.1 Å². The number of carboxylic acid groups (broad SMARTS) is 2. The molecular formula is C23H23NO5S. The molecule has 1 aliphatic carbocycles. The van der Waals surface area contributed by atoms with Crippen molar-refractivity contribution in [2.45, 2.75) is 19.3 Å². The Hall–Kier alpha value is -3.03. The van der Waals surface area contributed by atoms with Gasteiger partial charge in [-0.1, -0.05) is 29.8 Å². The number of ketones is 1. The van der Waals surface area contributed by atoms with Crippen LogP contribution in [-0.2, 0) is 16.0 Å². The van der Waals surface area contributed by atoms with Crippen molar-refractivity contribution >= 4 is 34.6 Å². The number of hydrogen-bond donors (Lipinski definition) is 2. The summed E-state index contributed by atoms with van der Waals surface area (Å²) in [4.78, 5) is 35.3. The van der Waals surface area contributed by atoms with Crippen LogP contribution in [0.1, 0.15) is 39.2 Å². The zero-order valence-corrected chi connectivity index (χ0v) is 17.4. The number of carbonyl (C=O) groups is 3. The smallest absolute Gasteiger partial charge is 0.328 e. The molecule has 0 amide bonds. The Labute approximate surface area is 178 Å². The lowest BCUT2D eigenvalue weighted by Crippen LogP contribution is -2.27. The SMILES string of the molecule is CN1CCC(=C2c3ccccc3C(=O)Cc3sccc32)CC1.O=C(O)C=CC(=O)O. The number of hydrogen-bond acceptors (Lipinski definition) is 5. The van der Waals surface area contributed by atoms with Crippen LogP contribution in [0, 0.1) is 0 Å². The maximum absolute atomic E-state index is 12.6. The molecule has 0 unspecified atom stereocenters. The van der Waals surface area contributed by atoms with Crippen molar-refractivity contribution in [1.82, 2.24) is 4.90 Å². The fraction of sp³-hybridized carbons (Fsp3) is 0.261. The van der Waals surface area contributed by atoms with E-state index < -0.39 is 11.9 Å². The molecule has 1 fully saturated rings. The van der Waals surface area contributed by atoms with Crippen LogP contribution >= 0.6 is 11.3 Å². The van der Waals surface area contributed by atoms with E-state index >= 15 is 0 Å². The van der Waals surface area contributed by atoms with Gasteiger partial charge in [0.15, 0.2) is 5.78 Å². The topological polar surface area (TPSA) is 94.9 Å². The van der Waals surface area contributed by atoms with Crippen LogP contribution in [0.2, 0.25) is 0 Å². The molecule has 2 N–H and O–H groups in total. The van der Waals surface area contributed by atoms with E-state index in [2.05, 4.69) is 35.5 Å². The molecule has 7 heteroatoms. The minimum absolute atomic E-state index is 0.253. The molecule has 1 aromatic heterocycles. The summed E-state index contributed by atoms with van der Waals surface area (Å²) in [5.41, 5.74) is 6.19. The summed E-state index contributed by atoms with van der Waals surface area (Å²) in [6.45, 7) is 2.21. The molecule has 0 atom stereocenters. The van der Waals surface area contributed by atoms with Gasteiger partial charge in [0, 0.05) is 42.1 Å². The first-order valence-electron chi connectivity index (χ1n) is 9.60. The van der Waals surface area contributed by atoms with E-state index in [1.54, 1.807) is 11.3 Å². The lowest BCUT2D eigenvalue weighted by Gasteiger charge is -2.27. The van der Waals surface area contributed by atoms with Crippen molar-refractivity contribution < 1.29 is 24.6 Å². The van der Waals surface area contributed by atoms with Gasteiger partial charge >= 0.3 is 11.9 Å². The van der Waals surface area contributed by atoms with E-state index in [9.17, 15) is 14.4 Å². The van der Waals surface area contributed by atoms with E-state index in [1.165, 1.54) is 21.6 Å². The number of benzene rings is 1. The highest BCUT2D eigenvalue weighted by Gasteiger charge is 2.27. The molecule has 0 bridgehead atoms. The molecule has 2 heterocycles. The Balaban J connectivity index is 0.000000275. The molecular weight excluding hydrogens is 402 g/mol. The summed E-state index contributed by atoms with van der Waals surface area (Å²) >= 11 is 1.72. The van der Waals surface area contributed by atoms with E-state index in [1.807, 2.05) is 12.1 Å². The Morgan fingerprint density at radius 2 is 1.57 bits per heavy atom. The fourth-order valence-electron chi connectivity index (χ4n) is 3.69. The monoisotopic (exact) mass is 425 g/mol. The van der Waals surface area contributed by atoms with Crippen LogP contribution in [0.3, 0.4) is 0 Å². The largest absolute Gasteiger partial charge is 0.478 e. The van der Waals surface area contributed by atoms with Gasteiger partial charge in [0.1, 0.15) is 0 Å². The molecule has 156 valence electrons. The summed E-state index contributed by atoms with van der Waals surface area (Å²) in [7, 11) is 2.18. The molecule has 30 heavy (non-hydrogen) atoms. The second kappa shape index (κ2) is 9.65. The Kier molecular flexibility index (Phi) is 6.97. The third-order valence-electron chi connectivity index (χ3n) is 5.15. The number of piperidine rings is 1. The number of thiophene rings is 1. The van der Waals surface area contributed by atoms with Crippen LogP contribution in [0.4, 0.5) is 0 Å². The molecule has 2 aliphatic rings. The molecule has 0 radical (unpaired) electrons. The van der Waals surface area contributed by atoms with Crippen molar-refractivity contribution in [2.24, 2.45) is 0 Å². The Bertz CT molecular complexity index is 1010. The minimum Gasteiger partial charge on any atom is -0.478 e. The van der Waals surface area contributed by atoms with Crippen molar-refractivity contribution in [3.8, 4) is 0 Å². The van der Waals surface area contributed by atoms with Crippen LogP contribution in [0.5, 0.6) is 0 Å². The van der Waals surface area contributed by atoms with Gasteiger partial charge in [0.05, 0.1) is 0 Å². The van der Waals surface area contributed by atoms with Gasteiger partial charge < -0.3 is 15.1 Å². The standard InChI is InChI=1S/C19H19NOS.C4H4O4/c1-20-9-6-13(7-10-20)19-15-5-3-2-4-14(15)17(21)12-18-16(19)8-11-22-18;5-3(6)1-2-4(7)8/h2-5,8,11H,6-7,9-10,12H2,1H3;1-2H,(H,5,6)(H,7,8). The minimum atomic E-state index is -1.26. The number of rotatable bonds is 2. The number of carboxylic acids is 2. The first kappa shape index (κ1) is 21.7. The van der Waals surface area contributed by atoms with Gasteiger partial charge in [0.25, 0.3) is 0 Å². The second-order valence-corrected chi connectivity index (χ2v) is 8.20. The molecule has 1 saturated heterocycles. The van der Waals surface area contributed by atoms with Gasteiger partial charge in [-0.05, 0) is 48.0 Å². The zero-order valence-electron chi connectivity index (χ0n) is 16.6. The van der Waals surface area contributed by atoms with Crippen molar-refractivity contribution in [3.63, 3.8) is 0 Å². The van der Waals surface area contributed by atoms with E-state index in [0.29, 0.717) is 18.6 Å². The van der Waals surface area contributed by atoms with Crippen molar-refractivity contribution in [3.05, 3.63) is 75.0 Å². The lowest BCUT2D eigenvalue weighted by atomic mass is 9.88. The molecule has 1 aliphatic heterocycles. The predicted octanol–water partition coefficient (Wildman–Crippen LogP) is 3.73. The first-order valence-corrected chi connectivity index (χ1v) is 10.5. The van der Waals surface area contributed by atoms with E-state index in [-0.39, 0.29) is 5.78 Å². The highest BCUT2D eigenvalue weighted by Crippen LogP contribution is 2.40. The number of nitrogens with zero attached hydrogens (tertiary/aromatic N) is 1.